The van der Waals surface area contributed by atoms with Crippen LogP contribution in [-0.2, 0) is 15.6 Å². The second-order valence-electron chi connectivity index (χ2n) is 9.87. The molecule has 5 nitrogen and oxygen atoms in total. The quantitative estimate of drug-likeness (QED) is 0.498. The fourth-order valence-electron chi connectivity index (χ4n) is 4.66. The number of nitrogens with one attached hydrogen (secondary N) is 1. The summed E-state index contributed by atoms with van der Waals surface area (Å²) in [5.74, 6) is 0.172. The van der Waals surface area contributed by atoms with E-state index in [1.807, 2.05) is 19.1 Å². The molecule has 3 aromatic rings. The summed E-state index contributed by atoms with van der Waals surface area (Å²) in [5, 5.41) is 2.95. The molecule has 34 heavy (non-hydrogen) atoms. The number of hydrogen-bond donors (Lipinski definition) is 1. The Morgan fingerprint density at radius 2 is 1.71 bits per heavy atom. The van der Waals surface area contributed by atoms with Crippen molar-refractivity contribution in [1.82, 2.24) is 4.98 Å². The fraction of sp³-hybridized carbons (Fsp3) is 0.333. The van der Waals surface area contributed by atoms with Gasteiger partial charge in [0.15, 0.2) is 11.5 Å². The van der Waals surface area contributed by atoms with E-state index in [9.17, 15) is 13.6 Å². The lowest BCUT2D eigenvalue weighted by molar-refractivity contribution is -0.286. The molecule has 0 unspecified atom stereocenters. The van der Waals surface area contributed by atoms with Crippen LogP contribution in [0.3, 0.4) is 0 Å². The first-order valence-corrected chi connectivity index (χ1v) is 11.5. The molecule has 2 aliphatic carbocycles. The number of aryl methyl sites for hydroxylation is 1. The van der Waals surface area contributed by atoms with Crippen molar-refractivity contribution in [3.8, 4) is 22.8 Å². The Labute approximate surface area is 196 Å². The number of nitrogens with zero attached hydrogens (tertiary/aromatic N) is 1. The molecule has 0 atom stereocenters. The number of rotatable bonds is 5. The molecule has 0 radical (unpaired) electrons. The van der Waals surface area contributed by atoms with E-state index >= 15 is 0 Å². The number of amides is 1. The number of hydrogen-bond acceptors (Lipinski definition) is 4. The SMILES string of the molecule is Cc1ccc(NC(=O)C2(c3ccc4c(c3)OC(F)(F)O4)CC2)nc1-c1cccc(C2(C)CC2)c1. The monoisotopic (exact) mass is 462 g/mol. The molecule has 6 rings (SSSR count). The van der Waals surface area contributed by atoms with Gasteiger partial charge in [-0.2, -0.15) is 0 Å². The molecule has 2 fully saturated rings. The predicted octanol–water partition coefficient (Wildman–Crippen LogP) is 6.10. The minimum atomic E-state index is -3.68. The number of anilines is 1. The highest BCUT2D eigenvalue weighted by atomic mass is 19.3. The van der Waals surface area contributed by atoms with Crippen LogP contribution in [0, 0.1) is 6.92 Å². The van der Waals surface area contributed by atoms with E-state index in [2.05, 4.69) is 39.9 Å². The highest BCUT2D eigenvalue weighted by Crippen LogP contribution is 2.52. The van der Waals surface area contributed by atoms with Crippen molar-refractivity contribution in [3.05, 3.63) is 71.3 Å². The molecule has 0 bridgehead atoms. The Bertz CT molecular complexity index is 1330. The van der Waals surface area contributed by atoms with Crippen molar-refractivity contribution in [2.24, 2.45) is 0 Å². The largest absolute Gasteiger partial charge is 0.586 e. The number of aromatic nitrogens is 1. The molecule has 7 heteroatoms. The Morgan fingerprint density at radius 1 is 0.941 bits per heavy atom. The maximum Gasteiger partial charge on any atom is 0.586 e. The van der Waals surface area contributed by atoms with Crippen molar-refractivity contribution in [2.75, 3.05) is 5.32 Å². The van der Waals surface area contributed by atoms with E-state index in [-0.39, 0.29) is 22.8 Å². The van der Waals surface area contributed by atoms with Crippen molar-refractivity contribution in [1.29, 1.82) is 0 Å². The van der Waals surface area contributed by atoms with Crippen molar-refractivity contribution in [2.45, 2.75) is 56.7 Å². The Kier molecular flexibility index (Phi) is 4.35. The van der Waals surface area contributed by atoms with Crippen LogP contribution in [0.1, 0.15) is 49.3 Å². The van der Waals surface area contributed by atoms with Gasteiger partial charge in [0.2, 0.25) is 5.91 Å². The van der Waals surface area contributed by atoms with Gasteiger partial charge >= 0.3 is 6.29 Å². The lowest BCUT2D eigenvalue weighted by atomic mass is 9.94. The standard InChI is InChI=1S/C27H24F2N2O3/c1-16-6-9-22(30-23(16)17-4-3-5-18(14-17)25(2)10-11-25)31-24(32)26(12-13-26)19-7-8-20-21(15-19)34-27(28,29)33-20/h3-9,14-15H,10-13H2,1-2H3,(H,30,31,32). The molecule has 2 aromatic carbocycles. The first-order valence-electron chi connectivity index (χ1n) is 11.5. The zero-order valence-corrected chi connectivity index (χ0v) is 19.0. The number of alkyl halides is 2. The third-order valence-corrected chi connectivity index (χ3v) is 7.31. The van der Waals surface area contributed by atoms with E-state index in [1.54, 1.807) is 12.1 Å². The average Bonchev–Trinajstić information content (AvgIpc) is 3.72. The highest BCUT2D eigenvalue weighted by molar-refractivity contribution is 6.01. The maximum atomic E-state index is 13.4. The normalized spacial score (nSPS) is 20.0. The number of carbonyl (C=O) groups is 1. The van der Waals surface area contributed by atoms with Gasteiger partial charge in [-0.05, 0) is 79.0 Å². The summed E-state index contributed by atoms with van der Waals surface area (Å²) in [6.07, 6.45) is -0.0596. The summed E-state index contributed by atoms with van der Waals surface area (Å²) in [4.78, 5) is 18.0. The average molecular weight is 462 g/mol. The molecular weight excluding hydrogens is 438 g/mol. The topological polar surface area (TPSA) is 60.5 Å². The molecule has 1 N–H and O–H groups in total. The molecule has 2 saturated carbocycles. The van der Waals surface area contributed by atoms with E-state index in [0.717, 1.165) is 16.8 Å². The van der Waals surface area contributed by atoms with Crippen molar-refractivity contribution in [3.63, 3.8) is 0 Å². The molecule has 0 saturated heterocycles. The van der Waals surface area contributed by atoms with E-state index in [4.69, 9.17) is 4.98 Å². The van der Waals surface area contributed by atoms with Gasteiger partial charge in [0.05, 0.1) is 11.1 Å². The minimum Gasteiger partial charge on any atom is -0.395 e. The fourth-order valence-corrected chi connectivity index (χ4v) is 4.66. The number of halogens is 2. The minimum absolute atomic E-state index is 0.0305. The summed E-state index contributed by atoms with van der Waals surface area (Å²) < 4.78 is 35.8. The van der Waals surface area contributed by atoms with Crippen LogP contribution >= 0.6 is 0 Å². The Morgan fingerprint density at radius 3 is 2.44 bits per heavy atom. The van der Waals surface area contributed by atoms with Gasteiger partial charge in [0, 0.05) is 5.56 Å². The predicted molar refractivity (Wildman–Crippen MR) is 123 cm³/mol. The van der Waals surface area contributed by atoms with E-state index in [1.165, 1.54) is 30.5 Å². The number of benzene rings is 2. The number of carbonyl (C=O) groups excluding carboxylic acids is 1. The maximum absolute atomic E-state index is 13.4. The zero-order chi connectivity index (χ0) is 23.7. The Hall–Kier alpha value is -3.48. The van der Waals surface area contributed by atoms with Gasteiger partial charge in [-0.3, -0.25) is 4.79 Å². The second kappa shape index (κ2) is 7.01. The summed E-state index contributed by atoms with van der Waals surface area (Å²) in [6.45, 7) is 4.28. The third-order valence-electron chi connectivity index (χ3n) is 7.31. The van der Waals surface area contributed by atoms with Crippen LogP contribution in [0.15, 0.2) is 54.6 Å². The summed E-state index contributed by atoms with van der Waals surface area (Å²) in [7, 11) is 0. The summed E-state index contributed by atoms with van der Waals surface area (Å²) in [5.41, 5.74) is 4.28. The zero-order valence-electron chi connectivity index (χ0n) is 19.0. The first kappa shape index (κ1) is 21.1. The molecule has 1 amide bonds. The Balaban J connectivity index is 1.26. The lowest BCUT2D eigenvalue weighted by Gasteiger charge is -2.17. The van der Waals surface area contributed by atoms with Crippen LogP contribution in [0.5, 0.6) is 11.5 Å². The summed E-state index contributed by atoms with van der Waals surface area (Å²) >= 11 is 0. The van der Waals surface area contributed by atoms with Crippen molar-refractivity contribution >= 4 is 11.7 Å². The molecule has 174 valence electrons. The van der Waals surface area contributed by atoms with Crippen molar-refractivity contribution < 1.29 is 23.0 Å². The molecule has 2 heterocycles. The number of fused-ring (bicyclic) bond motifs is 1. The molecule has 1 aromatic heterocycles. The number of ether oxygens (including phenoxy) is 2. The van der Waals surface area contributed by atoms with Gasteiger partial charge in [-0.15, -0.1) is 8.78 Å². The van der Waals surface area contributed by atoms with Gasteiger partial charge < -0.3 is 14.8 Å². The molecule has 0 spiro atoms. The van der Waals surface area contributed by atoms with Gasteiger partial charge in [-0.1, -0.05) is 37.3 Å². The van der Waals surface area contributed by atoms with Gasteiger partial charge in [0.1, 0.15) is 5.82 Å². The van der Waals surface area contributed by atoms with Crippen LogP contribution in [0.2, 0.25) is 0 Å². The van der Waals surface area contributed by atoms with E-state index < -0.39 is 11.7 Å². The summed E-state index contributed by atoms with van der Waals surface area (Å²) in [6, 6.07) is 16.7. The molecular formula is C27H24F2N2O3. The second-order valence-corrected chi connectivity index (χ2v) is 9.87. The third kappa shape index (κ3) is 3.50. The highest BCUT2D eigenvalue weighted by Gasteiger charge is 2.53. The smallest absolute Gasteiger partial charge is 0.395 e. The lowest BCUT2D eigenvalue weighted by Crippen LogP contribution is -2.28. The molecule has 1 aliphatic heterocycles. The van der Waals surface area contributed by atoms with Crippen LogP contribution < -0.4 is 14.8 Å². The van der Waals surface area contributed by atoms with Crippen LogP contribution in [0.25, 0.3) is 11.3 Å². The van der Waals surface area contributed by atoms with Gasteiger partial charge in [0.25, 0.3) is 0 Å². The molecule has 3 aliphatic rings. The first-order chi connectivity index (χ1) is 16.2. The van der Waals surface area contributed by atoms with E-state index in [0.29, 0.717) is 24.2 Å². The van der Waals surface area contributed by atoms with Gasteiger partial charge in [-0.25, -0.2) is 4.98 Å². The van der Waals surface area contributed by atoms with Crippen LogP contribution in [-0.4, -0.2) is 17.2 Å². The number of pyridine rings is 1. The van der Waals surface area contributed by atoms with Crippen LogP contribution in [0.4, 0.5) is 14.6 Å².